The first kappa shape index (κ1) is 10.0. The summed E-state index contributed by atoms with van der Waals surface area (Å²) >= 11 is 5.53. The summed E-state index contributed by atoms with van der Waals surface area (Å²) in [6.45, 7) is 0.457. The fourth-order valence-electron chi connectivity index (χ4n) is 1.40. The van der Waals surface area contributed by atoms with E-state index in [1.807, 2.05) is 0 Å². The van der Waals surface area contributed by atoms with Crippen LogP contribution < -0.4 is 10.6 Å². The number of carbonyl (C=O) groups excluding carboxylic acids is 2. The quantitative estimate of drug-likeness (QED) is 0.777. The summed E-state index contributed by atoms with van der Waals surface area (Å²) in [5.74, 6) is -0.263. The maximum Gasteiger partial charge on any atom is 0.287 e. The van der Waals surface area contributed by atoms with Crippen LogP contribution in [0.25, 0.3) is 0 Å². The Labute approximate surface area is 90.8 Å². The maximum absolute atomic E-state index is 11.5. The number of carbonyl (C=O) groups is 2. The lowest BCUT2D eigenvalue weighted by Crippen LogP contribution is -2.35. The number of furan rings is 1. The molecule has 5 nitrogen and oxygen atoms in total. The van der Waals surface area contributed by atoms with Gasteiger partial charge in [0.15, 0.2) is 11.0 Å². The molecule has 0 aromatic carbocycles. The fourth-order valence-corrected chi connectivity index (χ4v) is 1.55. The van der Waals surface area contributed by atoms with Gasteiger partial charge in [-0.25, -0.2) is 0 Å². The highest BCUT2D eigenvalue weighted by Crippen LogP contribution is 2.13. The SMILES string of the molecule is O=C1CC(NC(=O)c2ccc(Cl)o2)CN1. The van der Waals surface area contributed by atoms with Crippen molar-refractivity contribution in [3.63, 3.8) is 0 Å². The molecule has 2 N–H and O–H groups in total. The Balaban J connectivity index is 1.95. The van der Waals surface area contributed by atoms with Crippen LogP contribution in [0, 0.1) is 0 Å². The average Bonchev–Trinajstić information content (AvgIpc) is 2.75. The highest BCUT2D eigenvalue weighted by atomic mass is 35.5. The molecule has 0 spiro atoms. The van der Waals surface area contributed by atoms with Gasteiger partial charge in [-0.15, -0.1) is 0 Å². The van der Waals surface area contributed by atoms with Crippen molar-refractivity contribution in [3.05, 3.63) is 23.1 Å². The molecule has 2 heterocycles. The second kappa shape index (κ2) is 3.94. The molecule has 2 amide bonds. The Morgan fingerprint density at radius 2 is 2.40 bits per heavy atom. The molecule has 0 saturated carbocycles. The highest BCUT2D eigenvalue weighted by molar-refractivity contribution is 6.29. The van der Waals surface area contributed by atoms with Crippen LogP contribution in [0.5, 0.6) is 0 Å². The van der Waals surface area contributed by atoms with Crippen molar-refractivity contribution >= 4 is 23.4 Å². The molecular formula is C9H9ClN2O3. The van der Waals surface area contributed by atoms with Gasteiger partial charge in [-0.2, -0.15) is 0 Å². The number of rotatable bonds is 2. The van der Waals surface area contributed by atoms with Gasteiger partial charge in [-0.1, -0.05) is 0 Å². The number of nitrogens with one attached hydrogen (secondary N) is 2. The second-order valence-corrected chi connectivity index (χ2v) is 3.65. The molecule has 0 bridgehead atoms. The van der Waals surface area contributed by atoms with Gasteiger partial charge in [0.2, 0.25) is 5.91 Å². The largest absolute Gasteiger partial charge is 0.440 e. The summed E-state index contributed by atoms with van der Waals surface area (Å²) in [5.41, 5.74) is 0. The van der Waals surface area contributed by atoms with Crippen molar-refractivity contribution in [2.75, 3.05) is 6.54 Å². The molecule has 0 radical (unpaired) electrons. The summed E-state index contributed by atoms with van der Waals surface area (Å²) in [7, 11) is 0. The third-order valence-electron chi connectivity index (χ3n) is 2.11. The Bertz CT molecular complexity index is 402. The van der Waals surface area contributed by atoms with Crippen molar-refractivity contribution in [2.45, 2.75) is 12.5 Å². The maximum atomic E-state index is 11.5. The van der Waals surface area contributed by atoms with Gasteiger partial charge in [0.05, 0.1) is 6.04 Å². The zero-order valence-electron chi connectivity index (χ0n) is 7.75. The van der Waals surface area contributed by atoms with Crippen LogP contribution in [-0.4, -0.2) is 24.4 Å². The van der Waals surface area contributed by atoms with Crippen molar-refractivity contribution in [2.24, 2.45) is 0 Å². The minimum absolute atomic E-state index is 0.0576. The highest BCUT2D eigenvalue weighted by Gasteiger charge is 2.24. The van der Waals surface area contributed by atoms with E-state index in [1.54, 1.807) is 0 Å². The Morgan fingerprint density at radius 1 is 1.60 bits per heavy atom. The molecule has 1 aliphatic rings. The second-order valence-electron chi connectivity index (χ2n) is 3.28. The van der Waals surface area contributed by atoms with Gasteiger partial charge in [0.25, 0.3) is 5.91 Å². The van der Waals surface area contributed by atoms with Crippen LogP contribution in [-0.2, 0) is 4.79 Å². The molecule has 2 rings (SSSR count). The molecule has 1 aromatic heterocycles. The van der Waals surface area contributed by atoms with Crippen LogP contribution in [0.1, 0.15) is 17.0 Å². The van der Waals surface area contributed by atoms with Crippen LogP contribution in [0.4, 0.5) is 0 Å². The predicted octanol–water partition coefficient (Wildman–Crippen LogP) is 0.551. The summed E-state index contributed by atoms with van der Waals surface area (Å²) in [6.07, 6.45) is 0.306. The van der Waals surface area contributed by atoms with Gasteiger partial charge in [-0.3, -0.25) is 9.59 Å². The summed E-state index contributed by atoms with van der Waals surface area (Å²) in [5, 5.41) is 5.45. The molecule has 1 unspecified atom stereocenters. The van der Waals surface area contributed by atoms with E-state index < -0.39 is 0 Å². The Hall–Kier alpha value is -1.49. The molecule has 0 aliphatic carbocycles. The van der Waals surface area contributed by atoms with E-state index >= 15 is 0 Å². The third kappa shape index (κ3) is 2.30. The first-order valence-electron chi connectivity index (χ1n) is 4.48. The van der Waals surface area contributed by atoms with Crippen molar-refractivity contribution in [1.82, 2.24) is 10.6 Å². The monoisotopic (exact) mass is 228 g/mol. The third-order valence-corrected chi connectivity index (χ3v) is 2.31. The van der Waals surface area contributed by atoms with Gasteiger partial charge in [0, 0.05) is 13.0 Å². The minimum atomic E-state index is -0.358. The van der Waals surface area contributed by atoms with E-state index in [2.05, 4.69) is 10.6 Å². The fraction of sp³-hybridized carbons (Fsp3) is 0.333. The van der Waals surface area contributed by atoms with Crippen molar-refractivity contribution < 1.29 is 14.0 Å². The number of hydrogen-bond acceptors (Lipinski definition) is 3. The Morgan fingerprint density at radius 3 is 2.93 bits per heavy atom. The summed E-state index contributed by atoms with van der Waals surface area (Å²) in [6, 6.07) is 2.81. The van der Waals surface area contributed by atoms with E-state index in [1.165, 1.54) is 12.1 Å². The van der Waals surface area contributed by atoms with Crippen LogP contribution >= 0.6 is 11.6 Å². The van der Waals surface area contributed by atoms with Gasteiger partial charge in [0.1, 0.15) is 0 Å². The van der Waals surface area contributed by atoms with Crippen LogP contribution in [0.2, 0.25) is 5.22 Å². The minimum Gasteiger partial charge on any atom is -0.440 e. The van der Waals surface area contributed by atoms with Crippen LogP contribution in [0.3, 0.4) is 0 Å². The van der Waals surface area contributed by atoms with E-state index in [-0.39, 0.29) is 28.8 Å². The topological polar surface area (TPSA) is 71.3 Å². The molecule has 1 saturated heterocycles. The first-order chi connectivity index (χ1) is 7.15. The molecule has 1 atom stereocenters. The molecule has 80 valence electrons. The van der Waals surface area contributed by atoms with Gasteiger partial charge >= 0.3 is 0 Å². The van der Waals surface area contributed by atoms with E-state index in [9.17, 15) is 9.59 Å². The normalized spacial score (nSPS) is 20.1. The number of amides is 2. The predicted molar refractivity (Wildman–Crippen MR) is 52.6 cm³/mol. The molecule has 6 heteroatoms. The van der Waals surface area contributed by atoms with E-state index in [0.717, 1.165) is 0 Å². The zero-order valence-corrected chi connectivity index (χ0v) is 8.50. The summed E-state index contributed by atoms with van der Waals surface area (Å²) < 4.78 is 4.93. The van der Waals surface area contributed by atoms with Gasteiger partial charge < -0.3 is 15.1 Å². The van der Waals surface area contributed by atoms with Gasteiger partial charge in [-0.05, 0) is 23.7 Å². The van der Waals surface area contributed by atoms with E-state index in [0.29, 0.717) is 13.0 Å². The molecular weight excluding hydrogens is 220 g/mol. The number of halogens is 1. The first-order valence-corrected chi connectivity index (χ1v) is 4.86. The standard InChI is InChI=1S/C9H9ClN2O3/c10-7-2-1-6(15-7)9(14)12-5-3-8(13)11-4-5/h1-2,5H,3-4H2,(H,11,13)(H,12,14). The number of hydrogen-bond donors (Lipinski definition) is 2. The smallest absolute Gasteiger partial charge is 0.287 e. The molecule has 15 heavy (non-hydrogen) atoms. The van der Waals surface area contributed by atoms with Crippen molar-refractivity contribution in [1.29, 1.82) is 0 Å². The lowest BCUT2D eigenvalue weighted by Gasteiger charge is -2.07. The molecule has 1 fully saturated rings. The lowest BCUT2D eigenvalue weighted by atomic mass is 10.2. The molecule has 1 aliphatic heterocycles. The van der Waals surface area contributed by atoms with Crippen LogP contribution in [0.15, 0.2) is 16.5 Å². The average molecular weight is 229 g/mol. The summed E-state index contributed by atoms with van der Waals surface area (Å²) in [4.78, 5) is 22.4. The Kier molecular flexibility index (Phi) is 2.64. The van der Waals surface area contributed by atoms with E-state index in [4.69, 9.17) is 16.0 Å². The zero-order chi connectivity index (χ0) is 10.8. The lowest BCUT2D eigenvalue weighted by molar-refractivity contribution is -0.119. The van der Waals surface area contributed by atoms with Crippen molar-refractivity contribution in [3.8, 4) is 0 Å². The molecule has 1 aromatic rings.